The molecule has 0 spiro atoms. The second-order valence-electron chi connectivity index (χ2n) is 7.51. The van der Waals surface area contributed by atoms with Gasteiger partial charge in [0, 0.05) is 17.3 Å². The first-order chi connectivity index (χ1) is 14.0. The third kappa shape index (κ3) is 4.40. The summed E-state index contributed by atoms with van der Waals surface area (Å²) in [7, 11) is 1.65. The van der Waals surface area contributed by atoms with Crippen molar-refractivity contribution >= 4 is 28.3 Å². The van der Waals surface area contributed by atoms with Crippen LogP contribution in [0.15, 0.2) is 60.7 Å². The van der Waals surface area contributed by atoms with Crippen LogP contribution in [0.1, 0.15) is 41.6 Å². The number of amides is 2. The molecular weight excluding hydrogens is 364 g/mol. The number of carbonyl (C=O) groups excluding carboxylic acids is 2. The summed E-state index contributed by atoms with van der Waals surface area (Å²) in [5, 5.41) is 8.02. The zero-order valence-corrected chi connectivity index (χ0v) is 16.6. The van der Waals surface area contributed by atoms with Crippen molar-refractivity contribution in [2.24, 2.45) is 0 Å². The molecule has 3 aromatic carbocycles. The van der Waals surface area contributed by atoms with Gasteiger partial charge in [-0.25, -0.2) is 0 Å². The van der Waals surface area contributed by atoms with Crippen LogP contribution in [0.2, 0.25) is 0 Å². The molecule has 1 atom stereocenters. The Kier molecular flexibility index (Phi) is 5.21. The standard InChI is InChI=1S/C24H24N2O3/c1-15(16-6-7-18-14-22(29-2)11-8-17(18)12-16)23(27)26-21-5-3-4-19(13-21)24(28)25-20-9-10-20/h3-8,11-15,20H,9-10H2,1-2H3,(H,25,28)(H,26,27)/t15-/m0/s1. The Morgan fingerprint density at radius 2 is 1.76 bits per heavy atom. The summed E-state index contributed by atoms with van der Waals surface area (Å²) >= 11 is 0. The van der Waals surface area contributed by atoms with E-state index in [0.29, 0.717) is 17.3 Å². The van der Waals surface area contributed by atoms with Gasteiger partial charge in [-0.1, -0.05) is 30.3 Å². The van der Waals surface area contributed by atoms with Crippen LogP contribution in [-0.4, -0.2) is 25.0 Å². The first-order valence-electron chi connectivity index (χ1n) is 9.83. The van der Waals surface area contributed by atoms with E-state index in [9.17, 15) is 9.59 Å². The first-order valence-corrected chi connectivity index (χ1v) is 9.83. The zero-order valence-electron chi connectivity index (χ0n) is 16.6. The summed E-state index contributed by atoms with van der Waals surface area (Å²) < 4.78 is 5.26. The molecule has 29 heavy (non-hydrogen) atoms. The maximum absolute atomic E-state index is 12.8. The highest BCUT2D eigenvalue weighted by molar-refractivity contribution is 5.99. The molecule has 1 saturated carbocycles. The van der Waals surface area contributed by atoms with Crippen LogP contribution in [0.3, 0.4) is 0 Å². The Balaban J connectivity index is 1.48. The average Bonchev–Trinajstić information content (AvgIpc) is 3.56. The van der Waals surface area contributed by atoms with E-state index in [0.717, 1.165) is 34.9 Å². The molecule has 3 aromatic rings. The van der Waals surface area contributed by atoms with Crippen LogP contribution in [0.25, 0.3) is 10.8 Å². The third-order valence-electron chi connectivity index (χ3n) is 5.27. The van der Waals surface area contributed by atoms with E-state index in [-0.39, 0.29) is 17.7 Å². The number of carbonyl (C=O) groups is 2. The van der Waals surface area contributed by atoms with E-state index in [1.54, 1.807) is 31.4 Å². The highest BCUT2D eigenvalue weighted by Crippen LogP contribution is 2.26. The molecule has 5 nitrogen and oxygen atoms in total. The van der Waals surface area contributed by atoms with E-state index in [1.807, 2.05) is 43.3 Å². The largest absolute Gasteiger partial charge is 0.497 e. The molecule has 0 bridgehead atoms. The molecule has 1 fully saturated rings. The molecular formula is C24H24N2O3. The lowest BCUT2D eigenvalue weighted by Gasteiger charge is -2.14. The minimum absolute atomic E-state index is 0.0957. The van der Waals surface area contributed by atoms with Crippen LogP contribution in [0.4, 0.5) is 5.69 Å². The summed E-state index contributed by atoms with van der Waals surface area (Å²) in [4.78, 5) is 25.0. The first kappa shape index (κ1) is 19.0. The average molecular weight is 388 g/mol. The van der Waals surface area contributed by atoms with Crippen LogP contribution in [0, 0.1) is 0 Å². The summed E-state index contributed by atoms with van der Waals surface area (Å²) in [6.45, 7) is 1.88. The second-order valence-corrected chi connectivity index (χ2v) is 7.51. The van der Waals surface area contributed by atoms with Crippen LogP contribution in [-0.2, 0) is 4.79 Å². The normalized spacial score (nSPS) is 14.3. The number of rotatable bonds is 6. The molecule has 2 N–H and O–H groups in total. The predicted molar refractivity (Wildman–Crippen MR) is 114 cm³/mol. The topological polar surface area (TPSA) is 67.4 Å². The van der Waals surface area contributed by atoms with Gasteiger partial charge in [0.15, 0.2) is 0 Å². The van der Waals surface area contributed by atoms with Gasteiger partial charge in [-0.2, -0.15) is 0 Å². The Bertz CT molecular complexity index is 1070. The third-order valence-corrected chi connectivity index (χ3v) is 5.27. The number of hydrogen-bond acceptors (Lipinski definition) is 3. The Hall–Kier alpha value is -3.34. The number of ether oxygens (including phenoxy) is 1. The molecule has 0 aromatic heterocycles. The Morgan fingerprint density at radius 3 is 2.52 bits per heavy atom. The maximum atomic E-state index is 12.8. The molecule has 5 heteroatoms. The van der Waals surface area contributed by atoms with Gasteiger partial charge in [-0.05, 0) is 66.4 Å². The summed E-state index contributed by atoms with van der Waals surface area (Å²) in [6.07, 6.45) is 2.08. The van der Waals surface area contributed by atoms with Crippen molar-refractivity contribution in [1.29, 1.82) is 0 Å². The zero-order chi connectivity index (χ0) is 20.4. The monoisotopic (exact) mass is 388 g/mol. The van der Waals surface area contributed by atoms with E-state index in [2.05, 4.69) is 10.6 Å². The van der Waals surface area contributed by atoms with Gasteiger partial charge in [0.2, 0.25) is 5.91 Å². The summed E-state index contributed by atoms with van der Waals surface area (Å²) in [5.41, 5.74) is 2.11. The van der Waals surface area contributed by atoms with Crippen molar-refractivity contribution < 1.29 is 14.3 Å². The van der Waals surface area contributed by atoms with E-state index >= 15 is 0 Å². The lowest BCUT2D eigenvalue weighted by atomic mass is 9.97. The molecule has 0 heterocycles. The molecule has 2 amide bonds. The molecule has 0 saturated heterocycles. The lowest BCUT2D eigenvalue weighted by molar-refractivity contribution is -0.117. The van der Waals surface area contributed by atoms with Gasteiger partial charge in [0.25, 0.3) is 5.91 Å². The molecule has 0 aliphatic heterocycles. The number of nitrogens with one attached hydrogen (secondary N) is 2. The Labute approximate surface area is 170 Å². The smallest absolute Gasteiger partial charge is 0.251 e. The van der Waals surface area contributed by atoms with Crippen LogP contribution in [0.5, 0.6) is 5.75 Å². The van der Waals surface area contributed by atoms with E-state index in [1.165, 1.54) is 0 Å². The van der Waals surface area contributed by atoms with Gasteiger partial charge in [0.1, 0.15) is 5.75 Å². The quantitative estimate of drug-likeness (QED) is 0.654. The van der Waals surface area contributed by atoms with Crippen LogP contribution < -0.4 is 15.4 Å². The molecule has 1 aliphatic carbocycles. The molecule has 1 aliphatic rings. The second kappa shape index (κ2) is 7.95. The maximum Gasteiger partial charge on any atom is 0.251 e. The van der Waals surface area contributed by atoms with Crippen molar-refractivity contribution in [1.82, 2.24) is 5.32 Å². The van der Waals surface area contributed by atoms with Crippen molar-refractivity contribution in [3.05, 3.63) is 71.8 Å². The summed E-state index contributed by atoms with van der Waals surface area (Å²) in [6, 6.07) is 19.2. The van der Waals surface area contributed by atoms with E-state index in [4.69, 9.17) is 4.74 Å². The predicted octanol–water partition coefficient (Wildman–Crippen LogP) is 4.48. The van der Waals surface area contributed by atoms with Gasteiger partial charge >= 0.3 is 0 Å². The minimum Gasteiger partial charge on any atom is -0.497 e. The highest BCUT2D eigenvalue weighted by Gasteiger charge is 2.24. The van der Waals surface area contributed by atoms with Gasteiger partial charge in [-0.15, -0.1) is 0 Å². The number of anilines is 1. The Morgan fingerprint density at radius 1 is 1.00 bits per heavy atom. The van der Waals surface area contributed by atoms with Gasteiger partial charge in [-0.3, -0.25) is 9.59 Å². The van der Waals surface area contributed by atoms with Gasteiger partial charge in [0.05, 0.1) is 13.0 Å². The fourth-order valence-corrected chi connectivity index (χ4v) is 3.28. The molecule has 0 unspecified atom stereocenters. The van der Waals surface area contributed by atoms with Crippen molar-refractivity contribution in [3.63, 3.8) is 0 Å². The minimum atomic E-state index is -0.328. The summed E-state index contributed by atoms with van der Waals surface area (Å²) in [5.74, 6) is 0.270. The molecule has 0 radical (unpaired) electrons. The molecule has 4 rings (SSSR count). The number of fused-ring (bicyclic) bond motifs is 1. The SMILES string of the molecule is COc1ccc2cc([C@H](C)C(=O)Nc3cccc(C(=O)NC4CC4)c3)ccc2c1. The highest BCUT2D eigenvalue weighted by atomic mass is 16.5. The number of hydrogen-bond donors (Lipinski definition) is 2. The lowest BCUT2D eigenvalue weighted by Crippen LogP contribution is -2.25. The number of benzene rings is 3. The van der Waals surface area contributed by atoms with Crippen molar-refractivity contribution in [2.75, 3.05) is 12.4 Å². The number of methoxy groups -OCH3 is 1. The van der Waals surface area contributed by atoms with Crippen LogP contribution >= 0.6 is 0 Å². The van der Waals surface area contributed by atoms with E-state index < -0.39 is 0 Å². The molecule has 148 valence electrons. The van der Waals surface area contributed by atoms with Crippen molar-refractivity contribution in [2.45, 2.75) is 31.7 Å². The van der Waals surface area contributed by atoms with Gasteiger partial charge < -0.3 is 15.4 Å². The fraction of sp³-hybridized carbons (Fsp3) is 0.250. The fourth-order valence-electron chi connectivity index (χ4n) is 3.28. The van der Waals surface area contributed by atoms with Crippen molar-refractivity contribution in [3.8, 4) is 5.75 Å².